The molecule has 0 aromatic rings. The number of rotatable bonds is 0. The predicted molar refractivity (Wildman–Crippen MR) is 69.6 cm³/mol. The van der Waals surface area contributed by atoms with Gasteiger partial charge in [-0.15, -0.1) is 0 Å². The average molecular weight is 234 g/mol. The van der Waals surface area contributed by atoms with Crippen LogP contribution in [0.5, 0.6) is 0 Å². The van der Waals surface area contributed by atoms with Crippen LogP contribution >= 0.6 is 0 Å². The van der Waals surface area contributed by atoms with Gasteiger partial charge < -0.3 is 0 Å². The fourth-order valence-corrected chi connectivity index (χ4v) is 5.73. The number of ketones is 1. The topological polar surface area (TPSA) is 17.1 Å². The van der Waals surface area contributed by atoms with Crippen molar-refractivity contribution in [2.75, 3.05) is 0 Å². The highest BCUT2D eigenvalue weighted by Gasteiger charge is 2.69. The van der Waals surface area contributed by atoms with Gasteiger partial charge in [0.1, 0.15) is 5.78 Å². The molecule has 0 aromatic heterocycles. The molecule has 0 radical (unpaired) electrons. The van der Waals surface area contributed by atoms with Crippen molar-refractivity contribution < 1.29 is 4.79 Å². The molecule has 1 heteroatoms. The van der Waals surface area contributed by atoms with Gasteiger partial charge in [-0.1, -0.05) is 34.1 Å². The fourth-order valence-electron chi connectivity index (χ4n) is 5.73. The molecule has 0 bridgehead atoms. The summed E-state index contributed by atoms with van der Waals surface area (Å²) in [5.74, 6) is 3.64. The standard InChI is InChI=1S/C16H26O/c1-10-11-6-5-9-16(11)13(17)8-7-12(14(10)16)15(2,3)4/h10-12,14H,5-9H2,1-4H3/t10-,11-,12-,14+,16-/m0/s1. The Bertz CT molecular complexity index is 351. The van der Waals surface area contributed by atoms with Crippen LogP contribution in [0.1, 0.15) is 59.8 Å². The summed E-state index contributed by atoms with van der Waals surface area (Å²) < 4.78 is 0. The maximum atomic E-state index is 12.5. The van der Waals surface area contributed by atoms with Gasteiger partial charge in [0, 0.05) is 11.8 Å². The Morgan fingerprint density at radius 3 is 2.59 bits per heavy atom. The summed E-state index contributed by atoms with van der Waals surface area (Å²) in [7, 11) is 0. The lowest BCUT2D eigenvalue weighted by Gasteiger charge is -2.64. The molecule has 96 valence electrons. The largest absolute Gasteiger partial charge is 0.299 e. The number of carbonyl (C=O) groups excluding carboxylic acids is 1. The predicted octanol–water partition coefficient (Wildman–Crippen LogP) is 4.06. The first kappa shape index (κ1) is 11.7. The van der Waals surface area contributed by atoms with Crippen LogP contribution in [0.2, 0.25) is 0 Å². The maximum Gasteiger partial charge on any atom is 0.139 e. The van der Waals surface area contributed by atoms with E-state index in [0.717, 1.165) is 30.6 Å². The zero-order valence-electron chi connectivity index (χ0n) is 11.8. The van der Waals surface area contributed by atoms with Crippen LogP contribution in [-0.2, 0) is 4.79 Å². The molecule has 1 nitrogen and oxygen atoms in total. The monoisotopic (exact) mass is 234 g/mol. The van der Waals surface area contributed by atoms with Crippen LogP contribution < -0.4 is 0 Å². The second-order valence-corrected chi connectivity index (χ2v) is 7.86. The lowest BCUT2D eigenvalue weighted by Crippen LogP contribution is -2.63. The first-order valence-corrected chi connectivity index (χ1v) is 7.42. The molecule has 1 spiro atoms. The number of Topliss-reactive ketones (excluding diaryl/α,β-unsaturated/α-hetero) is 1. The number of hydrogen-bond acceptors (Lipinski definition) is 1. The molecule has 3 saturated carbocycles. The van der Waals surface area contributed by atoms with Crippen LogP contribution in [0.3, 0.4) is 0 Å². The van der Waals surface area contributed by atoms with E-state index in [-0.39, 0.29) is 5.41 Å². The summed E-state index contributed by atoms with van der Waals surface area (Å²) in [5, 5.41) is 0. The van der Waals surface area contributed by atoms with Crippen molar-refractivity contribution in [3.05, 3.63) is 0 Å². The van der Waals surface area contributed by atoms with Crippen molar-refractivity contribution in [3.63, 3.8) is 0 Å². The van der Waals surface area contributed by atoms with Gasteiger partial charge in [-0.3, -0.25) is 4.79 Å². The van der Waals surface area contributed by atoms with Gasteiger partial charge in [0.15, 0.2) is 0 Å². The summed E-state index contributed by atoms with van der Waals surface area (Å²) in [6, 6.07) is 0. The Morgan fingerprint density at radius 2 is 1.94 bits per heavy atom. The van der Waals surface area contributed by atoms with Crippen LogP contribution in [0, 0.1) is 34.5 Å². The van der Waals surface area contributed by atoms with E-state index < -0.39 is 0 Å². The highest BCUT2D eigenvalue weighted by molar-refractivity contribution is 5.88. The van der Waals surface area contributed by atoms with Crippen molar-refractivity contribution in [3.8, 4) is 0 Å². The Kier molecular flexibility index (Phi) is 2.32. The molecule has 0 heterocycles. The quantitative estimate of drug-likeness (QED) is 0.617. The van der Waals surface area contributed by atoms with E-state index >= 15 is 0 Å². The Labute approximate surface area is 105 Å². The SMILES string of the molecule is C[C@@H]1[C@@H]2[C@@H](C(C)(C)C)CCC(=O)[C@@]23CCC[C@@H]13. The maximum absolute atomic E-state index is 12.5. The molecule has 0 saturated heterocycles. The first-order chi connectivity index (χ1) is 7.89. The van der Waals surface area contributed by atoms with Gasteiger partial charge in [-0.25, -0.2) is 0 Å². The smallest absolute Gasteiger partial charge is 0.139 e. The number of carbonyl (C=O) groups is 1. The van der Waals surface area contributed by atoms with Crippen molar-refractivity contribution >= 4 is 5.78 Å². The summed E-state index contributed by atoms with van der Waals surface area (Å²) in [6.45, 7) is 9.53. The van der Waals surface area contributed by atoms with Crippen molar-refractivity contribution in [1.82, 2.24) is 0 Å². The molecule has 5 atom stereocenters. The Morgan fingerprint density at radius 1 is 1.24 bits per heavy atom. The van der Waals surface area contributed by atoms with Gasteiger partial charge >= 0.3 is 0 Å². The van der Waals surface area contributed by atoms with Crippen LogP contribution in [0.15, 0.2) is 0 Å². The minimum atomic E-state index is 0.148. The summed E-state index contributed by atoms with van der Waals surface area (Å²) >= 11 is 0. The van der Waals surface area contributed by atoms with Crippen molar-refractivity contribution in [2.45, 2.75) is 59.8 Å². The van der Waals surface area contributed by atoms with Gasteiger partial charge in [-0.2, -0.15) is 0 Å². The molecule has 3 fully saturated rings. The third kappa shape index (κ3) is 1.29. The molecule has 17 heavy (non-hydrogen) atoms. The fraction of sp³-hybridized carbons (Fsp3) is 0.938. The third-order valence-corrected chi connectivity index (χ3v) is 6.31. The van der Waals surface area contributed by atoms with Crippen molar-refractivity contribution in [1.29, 1.82) is 0 Å². The molecule has 0 aromatic carbocycles. The highest BCUT2D eigenvalue weighted by atomic mass is 16.1. The summed E-state index contributed by atoms with van der Waals surface area (Å²) in [4.78, 5) is 12.5. The molecule has 0 amide bonds. The van der Waals surface area contributed by atoms with E-state index in [1.807, 2.05) is 0 Å². The van der Waals surface area contributed by atoms with E-state index in [4.69, 9.17) is 0 Å². The third-order valence-electron chi connectivity index (χ3n) is 6.31. The Balaban J connectivity index is 1.98. The minimum Gasteiger partial charge on any atom is -0.299 e. The zero-order chi connectivity index (χ0) is 12.4. The molecule has 0 unspecified atom stereocenters. The van der Waals surface area contributed by atoms with E-state index in [2.05, 4.69) is 27.7 Å². The molecule has 3 rings (SSSR count). The van der Waals surface area contributed by atoms with Gasteiger partial charge in [-0.05, 0) is 48.3 Å². The van der Waals surface area contributed by atoms with Crippen LogP contribution in [0.25, 0.3) is 0 Å². The second-order valence-electron chi connectivity index (χ2n) is 7.86. The van der Waals surface area contributed by atoms with Crippen LogP contribution in [-0.4, -0.2) is 5.78 Å². The van der Waals surface area contributed by atoms with Gasteiger partial charge in [0.05, 0.1) is 0 Å². The molecule has 3 aliphatic carbocycles. The average Bonchev–Trinajstić information content (AvgIpc) is 2.60. The van der Waals surface area contributed by atoms with E-state index in [1.54, 1.807) is 0 Å². The summed E-state index contributed by atoms with van der Waals surface area (Å²) in [6.07, 6.45) is 5.83. The minimum absolute atomic E-state index is 0.148. The highest BCUT2D eigenvalue weighted by Crippen LogP contribution is 2.71. The first-order valence-electron chi connectivity index (χ1n) is 7.42. The molecular weight excluding hydrogens is 208 g/mol. The van der Waals surface area contributed by atoms with E-state index in [9.17, 15) is 4.79 Å². The number of hydrogen-bond donors (Lipinski definition) is 0. The van der Waals surface area contributed by atoms with E-state index in [0.29, 0.717) is 17.1 Å². The summed E-state index contributed by atoms with van der Waals surface area (Å²) in [5.41, 5.74) is 0.524. The van der Waals surface area contributed by atoms with Gasteiger partial charge in [0.2, 0.25) is 0 Å². The lowest BCUT2D eigenvalue weighted by molar-refractivity contribution is -0.185. The second kappa shape index (κ2) is 3.36. The zero-order valence-corrected chi connectivity index (χ0v) is 11.8. The normalized spacial score (nSPS) is 49.5. The molecule has 0 aliphatic heterocycles. The molecule has 3 aliphatic rings. The van der Waals surface area contributed by atoms with Gasteiger partial charge in [0.25, 0.3) is 0 Å². The molecule has 0 N–H and O–H groups in total. The van der Waals surface area contributed by atoms with Crippen LogP contribution in [0.4, 0.5) is 0 Å². The molecular formula is C16H26O. The lowest BCUT2D eigenvalue weighted by atomic mass is 9.39. The Hall–Kier alpha value is -0.330. The van der Waals surface area contributed by atoms with Crippen molar-refractivity contribution in [2.24, 2.45) is 34.5 Å². The van der Waals surface area contributed by atoms with E-state index in [1.165, 1.54) is 19.3 Å².